The van der Waals surface area contributed by atoms with Crippen LogP contribution in [-0.2, 0) is 9.53 Å². The number of carbonyl (C=O) groups is 1. The number of carbonyl (C=O) groups excluding carboxylic acids is 1. The molecule has 3 nitrogen and oxygen atoms in total. The maximum Gasteiger partial charge on any atom is 0.333 e. The van der Waals surface area contributed by atoms with Gasteiger partial charge in [0.25, 0.3) is 0 Å². The van der Waals surface area contributed by atoms with Crippen LogP contribution in [-0.4, -0.2) is 44.2 Å². The molecular formula is C10H20NO2+. The summed E-state index contributed by atoms with van der Waals surface area (Å²) >= 11 is 0. The van der Waals surface area contributed by atoms with Gasteiger partial charge in [-0.05, 0) is 13.8 Å². The number of hydrogen-bond donors (Lipinski definition) is 0. The SMILES string of the molecule is C=C(C)C(=O)OCC(C)[N+](C)(C)C. The van der Waals surface area contributed by atoms with E-state index < -0.39 is 0 Å². The molecule has 3 heteroatoms. The van der Waals surface area contributed by atoms with Gasteiger partial charge < -0.3 is 9.22 Å². The van der Waals surface area contributed by atoms with Crippen molar-refractivity contribution in [2.75, 3.05) is 27.7 Å². The van der Waals surface area contributed by atoms with Gasteiger partial charge in [-0.3, -0.25) is 0 Å². The third-order valence-corrected chi connectivity index (χ3v) is 2.13. The zero-order chi connectivity index (χ0) is 10.6. The summed E-state index contributed by atoms with van der Waals surface area (Å²) in [5.41, 5.74) is 0.452. The predicted molar refractivity (Wildman–Crippen MR) is 53.3 cm³/mol. The molecule has 0 aliphatic carbocycles. The molecule has 13 heavy (non-hydrogen) atoms. The monoisotopic (exact) mass is 186 g/mol. The summed E-state index contributed by atoms with van der Waals surface area (Å²) in [5, 5.41) is 0. The minimum Gasteiger partial charge on any atom is -0.456 e. The quantitative estimate of drug-likeness (QED) is 0.374. The van der Waals surface area contributed by atoms with E-state index in [-0.39, 0.29) is 5.97 Å². The molecule has 0 radical (unpaired) electrons. The number of rotatable bonds is 4. The second kappa shape index (κ2) is 4.42. The van der Waals surface area contributed by atoms with Crippen molar-refractivity contribution in [2.24, 2.45) is 0 Å². The molecule has 0 aromatic rings. The lowest BCUT2D eigenvalue weighted by molar-refractivity contribution is -0.894. The van der Waals surface area contributed by atoms with Gasteiger partial charge in [0.1, 0.15) is 12.6 Å². The predicted octanol–water partition coefficient (Wildman–Crippen LogP) is 1.20. The lowest BCUT2D eigenvalue weighted by Crippen LogP contribution is -2.46. The van der Waals surface area contributed by atoms with Crippen molar-refractivity contribution in [3.05, 3.63) is 12.2 Å². The molecule has 0 heterocycles. The van der Waals surface area contributed by atoms with Crippen LogP contribution in [0.4, 0.5) is 0 Å². The van der Waals surface area contributed by atoms with E-state index in [4.69, 9.17) is 4.74 Å². The Hall–Kier alpha value is -0.830. The van der Waals surface area contributed by atoms with E-state index in [1.807, 2.05) is 6.92 Å². The van der Waals surface area contributed by atoms with Crippen LogP contribution in [0.1, 0.15) is 13.8 Å². The summed E-state index contributed by atoms with van der Waals surface area (Å²) in [6, 6.07) is 0.295. The van der Waals surface area contributed by atoms with E-state index in [1.165, 1.54) is 0 Å². The molecule has 0 N–H and O–H groups in total. The van der Waals surface area contributed by atoms with Crippen LogP contribution in [0.25, 0.3) is 0 Å². The number of nitrogens with zero attached hydrogens (tertiary/aromatic N) is 1. The summed E-state index contributed by atoms with van der Waals surface area (Å²) in [6.45, 7) is 7.65. The minimum absolute atomic E-state index is 0.295. The average Bonchev–Trinajstić information content (AvgIpc) is 1.97. The lowest BCUT2D eigenvalue weighted by atomic mass is 10.3. The van der Waals surface area contributed by atoms with Crippen LogP contribution in [0.15, 0.2) is 12.2 Å². The maximum absolute atomic E-state index is 11.0. The van der Waals surface area contributed by atoms with Gasteiger partial charge >= 0.3 is 5.97 Å². The molecule has 1 unspecified atom stereocenters. The van der Waals surface area contributed by atoms with Gasteiger partial charge in [0.2, 0.25) is 0 Å². The molecule has 0 aromatic carbocycles. The smallest absolute Gasteiger partial charge is 0.333 e. The van der Waals surface area contributed by atoms with E-state index in [9.17, 15) is 4.79 Å². The van der Waals surface area contributed by atoms with Gasteiger partial charge in [-0.2, -0.15) is 0 Å². The zero-order valence-electron chi connectivity index (χ0n) is 9.26. The Morgan fingerprint density at radius 1 is 1.46 bits per heavy atom. The minimum atomic E-state index is -0.305. The highest BCUT2D eigenvalue weighted by molar-refractivity contribution is 5.86. The first kappa shape index (κ1) is 12.2. The third-order valence-electron chi connectivity index (χ3n) is 2.13. The van der Waals surface area contributed by atoms with Crippen LogP contribution >= 0.6 is 0 Å². The fraction of sp³-hybridized carbons (Fsp3) is 0.700. The van der Waals surface area contributed by atoms with Crippen LogP contribution in [0.3, 0.4) is 0 Å². The number of esters is 1. The van der Waals surface area contributed by atoms with Gasteiger partial charge in [-0.1, -0.05) is 6.58 Å². The molecule has 0 spiro atoms. The van der Waals surface area contributed by atoms with Gasteiger partial charge in [-0.15, -0.1) is 0 Å². The highest BCUT2D eigenvalue weighted by Gasteiger charge is 2.19. The van der Waals surface area contributed by atoms with Crippen molar-refractivity contribution in [2.45, 2.75) is 19.9 Å². The van der Waals surface area contributed by atoms with Crippen LogP contribution in [0.5, 0.6) is 0 Å². The topological polar surface area (TPSA) is 26.3 Å². The highest BCUT2D eigenvalue weighted by Crippen LogP contribution is 2.03. The van der Waals surface area contributed by atoms with Crippen molar-refractivity contribution in [3.63, 3.8) is 0 Å². The Bertz CT molecular complexity index is 203. The molecule has 0 bridgehead atoms. The Balaban J connectivity index is 3.91. The summed E-state index contributed by atoms with van der Waals surface area (Å²) in [5.74, 6) is -0.305. The van der Waals surface area contributed by atoms with Gasteiger partial charge in [0.15, 0.2) is 0 Å². The van der Waals surface area contributed by atoms with Crippen molar-refractivity contribution >= 4 is 5.97 Å². The Morgan fingerprint density at radius 3 is 2.23 bits per heavy atom. The van der Waals surface area contributed by atoms with E-state index in [0.717, 1.165) is 4.48 Å². The zero-order valence-corrected chi connectivity index (χ0v) is 9.26. The van der Waals surface area contributed by atoms with Crippen molar-refractivity contribution < 1.29 is 14.0 Å². The Labute approximate surface area is 80.6 Å². The Morgan fingerprint density at radius 2 is 1.92 bits per heavy atom. The molecule has 0 rings (SSSR count). The second-order valence-corrected chi connectivity index (χ2v) is 4.34. The van der Waals surface area contributed by atoms with Crippen LogP contribution in [0, 0.1) is 0 Å². The molecule has 1 atom stereocenters. The number of quaternary nitrogens is 1. The first-order chi connectivity index (χ1) is 5.75. The molecular weight excluding hydrogens is 166 g/mol. The summed E-state index contributed by atoms with van der Waals surface area (Å²) in [6.07, 6.45) is 0. The normalized spacial score (nSPS) is 13.6. The van der Waals surface area contributed by atoms with Crippen molar-refractivity contribution in [1.29, 1.82) is 0 Å². The molecule has 0 saturated heterocycles. The fourth-order valence-electron chi connectivity index (χ4n) is 0.543. The first-order valence-electron chi connectivity index (χ1n) is 4.39. The van der Waals surface area contributed by atoms with Gasteiger partial charge in [0.05, 0.1) is 21.1 Å². The van der Waals surface area contributed by atoms with Crippen LogP contribution in [0.2, 0.25) is 0 Å². The average molecular weight is 186 g/mol. The first-order valence-corrected chi connectivity index (χ1v) is 4.39. The van der Waals surface area contributed by atoms with E-state index in [0.29, 0.717) is 18.2 Å². The van der Waals surface area contributed by atoms with Crippen LogP contribution < -0.4 is 0 Å². The summed E-state index contributed by atoms with van der Waals surface area (Å²) in [7, 11) is 6.21. The van der Waals surface area contributed by atoms with E-state index in [2.05, 4.69) is 27.7 Å². The second-order valence-electron chi connectivity index (χ2n) is 4.34. The van der Waals surface area contributed by atoms with E-state index in [1.54, 1.807) is 6.92 Å². The largest absolute Gasteiger partial charge is 0.456 e. The van der Waals surface area contributed by atoms with E-state index >= 15 is 0 Å². The molecule has 0 aliphatic heterocycles. The standard InChI is InChI=1S/C10H20NO2/c1-8(2)10(12)13-7-9(3)11(4,5)6/h9H,1,7H2,2-6H3/q+1. The number of ether oxygens (including phenoxy) is 1. The molecule has 0 fully saturated rings. The highest BCUT2D eigenvalue weighted by atomic mass is 16.5. The summed E-state index contributed by atoms with van der Waals surface area (Å²) in [4.78, 5) is 11.0. The maximum atomic E-state index is 11.0. The number of hydrogen-bond acceptors (Lipinski definition) is 2. The van der Waals surface area contributed by atoms with Crippen molar-refractivity contribution in [1.82, 2.24) is 0 Å². The lowest BCUT2D eigenvalue weighted by Gasteiger charge is -2.31. The van der Waals surface area contributed by atoms with Gasteiger partial charge in [0, 0.05) is 5.57 Å². The molecule has 0 aliphatic rings. The van der Waals surface area contributed by atoms with Crippen molar-refractivity contribution in [3.8, 4) is 0 Å². The van der Waals surface area contributed by atoms with Gasteiger partial charge in [-0.25, -0.2) is 4.79 Å². The molecule has 0 saturated carbocycles. The molecule has 0 aromatic heterocycles. The molecule has 76 valence electrons. The Kier molecular flexibility index (Phi) is 4.14. The third kappa shape index (κ3) is 4.68. The fourth-order valence-corrected chi connectivity index (χ4v) is 0.543. The summed E-state index contributed by atoms with van der Waals surface area (Å²) < 4.78 is 5.82. The number of likely N-dealkylation sites (N-methyl/N-ethyl adjacent to an activating group) is 1. The molecule has 0 amide bonds.